The Kier molecular flexibility index (Phi) is 6.28. The molecule has 9 nitrogen and oxygen atoms in total. The van der Waals surface area contributed by atoms with E-state index >= 15 is 0 Å². The van der Waals surface area contributed by atoms with Gasteiger partial charge in [0.25, 0.3) is 0 Å². The molecule has 0 aliphatic carbocycles. The van der Waals surface area contributed by atoms with Crippen LogP contribution in [0.1, 0.15) is 12.5 Å². The molecule has 152 valence electrons. The molecule has 1 amide bonds. The van der Waals surface area contributed by atoms with Gasteiger partial charge in [-0.25, -0.2) is 4.39 Å². The normalized spacial score (nSPS) is 12.0. The van der Waals surface area contributed by atoms with Gasteiger partial charge in [0.1, 0.15) is 18.2 Å². The van der Waals surface area contributed by atoms with E-state index in [0.717, 1.165) is 6.20 Å². The second-order valence-corrected chi connectivity index (χ2v) is 7.55. The Hall–Kier alpha value is -2.79. The van der Waals surface area contributed by atoms with Crippen LogP contribution in [0.2, 0.25) is 5.02 Å². The van der Waals surface area contributed by atoms with E-state index in [1.165, 1.54) is 27.7 Å². The number of hydrogen-bond acceptors (Lipinski definition) is 5. The molecule has 1 aromatic carbocycles. The lowest BCUT2D eigenvalue weighted by atomic mass is 10.1. The van der Waals surface area contributed by atoms with E-state index in [2.05, 4.69) is 31.4 Å². The minimum Gasteiger partial charge on any atom is -0.308 e. The molecule has 0 aliphatic rings. The second-order valence-electron chi connectivity index (χ2n) is 6.29. The van der Waals surface area contributed by atoms with Gasteiger partial charge in [0.2, 0.25) is 5.91 Å². The van der Waals surface area contributed by atoms with E-state index in [1.807, 2.05) is 0 Å². The highest BCUT2D eigenvalue weighted by Crippen LogP contribution is 2.24. The lowest BCUT2D eigenvalue weighted by Crippen LogP contribution is -2.25. The number of amides is 1. The lowest BCUT2D eigenvalue weighted by molar-refractivity contribution is -0.385. The van der Waals surface area contributed by atoms with Crippen LogP contribution in [-0.2, 0) is 17.9 Å². The van der Waals surface area contributed by atoms with Crippen molar-refractivity contribution >= 4 is 44.9 Å². The molecule has 0 radical (unpaired) electrons. The number of carbonyl (C=O) groups is 1. The van der Waals surface area contributed by atoms with Crippen molar-refractivity contribution in [2.24, 2.45) is 5.92 Å². The highest BCUT2D eigenvalue weighted by Gasteiger charge is 2.19. The third-order valence-corrected chi connectivity index (χ3v) is 5.01. The summed E-state index contributed by atoms with van der Waals surface area (Å²) in [4.78, 5) is 22.6. The summed E-state index contributed by atoms with van der Waals surface area (Å²) in [5, 5.41) is 21.8. The molecule has 0 fully saturated rings. The maximum Gasteiger partial charge on any atom is 0.306 e. The predicted molar refractivity (Wildman–Crippen MR) is 107 cm³/mol. The molecular weight excluding hydrogens is 471 g/mol. The molecule has 1 unspecified atom stereocenters. The van der Waals surface area contributed by atoms with Gasteiger partial charge in [0.15, 0.2) is 5.82 Å². The van der Waals surface area contributed by atoms with Gasteiger partial charge < -0.3 is 5.32 Å². The first-order valence-electron chi connectivity index (χ1n) is 8.38. The van der Waals surface area contributed by atoms with Crippen LogP contribution in [0.25, 0.3) is 0 Å². The molecule has 0 aliphatic heterocycles. The van der Waals surface area contributed by atoms with Crippen molar-refractivity contribution in [2.75, 3.05) is 5.32 Å². The van der Waals surface area contributed by atoms with E-state index in [4.69, 9.17) is 11.6 Å². The number of nitrogens with one attached hydrogen (secondary N) is 1. The summed E-state index contributed by atoms with van der Waals surface area (Å²) in [7, 11) is 0. The fourth-order valence-electron chi connectivity index (χ4n) is 2.56. The average Bonchev–Trinajstić information content (AvgIpc) is 3.25. The van der Waals surface area contributed by atoms with Gasteiger partial charge in [-0.3, -0.25) is 24.3 Å². The molecule has 1 atom stereocenters. The monoisotopic (exact) mass is 484 g/mol. The smallest absolute Gasteiger partial charge is 0.306 e. The molecule has 3 rings (SSSR count). The van der Waals surface area contributed by atoms with Gasteiger partial charge >= 0.3 is 5.69 Å². The predicted octanol–water partition coefficient (Wildman–Crippen LogP) is 3.87. The first-order valence-corrected chi connectivity index (χ1v) is 9.55. The van der Waals surface area contributed by atoms with Gasteiger partial charge in [0, 0.05) is 16.8 Å². The molecule has 0 saturated carbocycles. The summed E-state index contributed by atoms with van der Waals surface area (Å²) in [6.07, 6.45) is 3.98. The number of nitro groups is 1. The van der Waals surface area contributed by atoms with Crippen molar-refractivity contribution in [1.29, 1.82) is 0 Å². The average molecular weight is 486 g/mol. The maximum absolute atomic E-state index is 14.0. The SMILES string of the molecule is CC(Cn1cc([N+](=O)[O-])cn1)C(=O)Nc1nn(Cc2c(F)cccc2Cl)cc1Br. The quantitative estimate of drug-likeness (QED) is 0.404. The first-order chi connectivity index (χ1) is 13.7. The minimum absolute atomic E-state index is 0.0898. The van der Waals surface area contributed by atoms with Gasteiger partial charge in [-0.1, -0.05) is 24.6 Å². The fraction of sp³-hybridized carbons (Fsp3) is 0.235. The number of anilines is 1. The van der Waals surface area contributed by atoms with Crippen molar-refractivity contribution in [3.63, 3.8) is 0 Å². The zero-order valence-corrected chi connectivity index (χ0v) is 17.4. The third kappa shape index (κ3) is 4.98. The Morgan fingerprint density at radius 2 is 2.17 bits per heavy atom. The van der Waals surface area contributed by atoms with Crippen LogP contribution in [-0.4, -0.2) is 30.4 Å². The molecule has 29 heavy (non-hydrogen) atoms. The van der Waals surface area contributed by atoms with Crippen molar-refractivity contribution < 1.29 is 14.1 Å². The zero-order chi connectivity index (χ0) is 21.1. The molecule has 12 heteroatoms. The van der Waals surface area contributed by atoms with Gasteiger partial charge in [-0.2, -0.15) is 10.2 Å². The number of rotatable bonds is 7. The molecular formula is C17H15BrClFN6O3. The van der Waals surface area contributed by atoms with Crippen LogP contribution in [0.3, 0.4) is 0 Å². The zero-order valence-electron chi connectivity index (χ0n) is 15.1. The number of benzene rings is 1. The Balaban J connectivity index is 1.66. The number of carbonyl (C=O) groups excluding carboxylic acids is 1. The van der Waals surface area contributed by atoms with Crippen LogP contribution in [0.15, 0.2) is 41.3 Å². The van der Waals surface area contributed by atoms with Crippen molar-refractivity contribution in [3.8, 4) is 0 Å². The molecule has 0 spiro atoms. The first kappa shape index (κ1) is 20.9. The van der Waals surface area contributed by atoms with E-state index in [9.17, 15) is 19.3 Å². The Bertz CT molecular complexity index is 1050. The van der Waals surface area contributed by atoms with E-state index < -0.39 is 16.7 Å². The fourth-order valence-corrected chi connectivity index (χ4v) is 3.20. The van der Waals surface area contributed by atoms with Crippen LogP contribution in [0.5, 0.6) is 0 Å². The molecule has 1 N–H and O–H groups in total. The second kappa shape index (κ2) is 8.70. The molecule has 2 aromatic heterocycles. The lowest BCUT2D eigenvalue weighted by Gasteiger charge is -2.11. The van der Waals surface area contributed by atoms with Gasteiger partial charge in [-0.05, 0) is 28.1 Å². The third-order valence-electron chi connectivity index (χ3n) is 4.08. The summed E-state index contributed by atoms with van der Waals surface area (Å²) in [6, 6.07) is 4.41. The van der Waals surface area contributed by atoms with E-state index in [1.54, 1.807) is 19.2 Å². The Morgan fingerprint density at radius 3 is 2.83 bits per heavy atom. The largest absolute Gasteiger partial charge is 0.308 e. The van der Waals surface area contributed by atoms with Gasteiger partial charge in [0.05, 0.1) is 28.4 Å². The van der Waals surface area contributed by atoms with Crippen molar-refractivity contribution in [1.82, 2.24) is 19.6 Å². The highest BCUT2D eigenvalue weighted by molar-refractivity contribution is 9.10. The van der Waals surface area contributed by atoms with Crippen molar-refractivity contribution in [3.05, 3.63) is 67.8 Å². The number of hydrogen-bond donors (Lipinski definition) is 1. The maximum atomic E-state index is 14.0. The molecule has 3 aromatic rings. The minimum atomic E-state index is -0.556. The summed E-state index contributed by atoms with van der Waals surface area (Å²) >= 11 is 9.35. The van der Waals surface area contributed by atoms with Crippen LogP contribution in [0.4, 0.5) is 15.9 Å². The number of nitrogens with zero attached hydrogens (tertiary/aromatic N) is 5. The summed E-state index contributed by atoms with van der Waals surface area (Å²) in [5.74, 6) is -1.07. The summed E-state index contributed by atoms with van der Waals surface area (Å²) < 4.78 is 17.3. The standard InChI is InChI=1S/C17H15BrClFN6O3/c1-10(6-24-7-11(5-21-24)26(28)29)17(27)22-16-13(18)9-25(23-16)8-12-14(19)3-2-4-15(12)20/h2-5,7,9-10H,6,8H2,1H3,(H,22,23,27). The number of halogens is 3. The molecule has 0 bridgehead atoms. The van der Waals surface area contributed by atoms with Crippen LogP contribution >= 0.6 is 27.5 Å². The topological polar surface area (TPSA) is 108 Å². The van der Waals surface area contributed by atoms with E-state index in [-0.39, 0.29) is 41.1 Å². The molecule has 0 saturated heterocycles. The van der Waals surface area contributed by atoms with Gasteiger partial charge in [-0.15, -0.1) is 0 Å². The van der Waals surface area contributed by atoms with Crippen LogP contribution < -0.4 is 5.32 Å². The van der Waals surface area contributed by atoms with E-state index in [0.29, 0.717) is 4.47 Å². The Morgan fingerprint density at radius 1 is 1.41 bits per heavy atom. The van der Waals surface area contributed by atoms with Crippen molar-refractivity contribution in [2.45, 2.75) is 20.0 Å². The van der Waals surface area contributed by atoms with Crippen LogP contribution in [0, 0.1) is 21.8 Å². The Labute approximate surface area is 177 Å². The highest BCUT2D eigenvalue weighted by atomic mass is 79.9. The summed E-state index contributed by atoms with van der Waals surface area (Å²) in [6.45, 7) is 1.90. The number of aromatic nitrogens is 4. The molecule has 2 heterocycles. The summed E-state index contributed by atoms with van der Waals surface area (Å²) in [5.41, 5.74) is 0.140.